The first-order chi connectivity index (χ1) is 13.4. The normalized spacial score (nSPS) is 10.9. The molecule has 0 saturated heterocycles. The van der Waals surface area contributed by atoms with Gasteiger partial charge in [0.2, 0.25) is 5.91 Å². The fourth-order valence-electron chi connectivity index (χ4n) is 2.62. The van der Waals surface area contributed by atoms with Crippen LogP contribution in [0, 0.1) is 13.8 Å². The van der Waals surface area contributed by atoms with Gasteiger partial charge in [0.05, 0.1) is 36.1 Å². The first-order valence-electron chi connectivity index (χ1n) is 8.66. The number of amides is 1. The van der Waals surface area contributed by atoms with Crippen molar-refractivity contribution in [1.29, 1.82) is 0 Å². The summed E-state index contributed by atoms with van der Waals surface area (Å²) in [6, 6.07) is 5.55. The number of nitrogens with one attached hydrogen (secondary N) is 2. The fourth-order valence-corrected chi connectivity index (χ4v) is 4.37. The molecule has 0 atom stereocenters. The number of thiophene rings is 1. The molecule has 2 aromatic heterocycles. The summed E-state index contributed by atoms with van der Waals surface area (Å²) in [4.78, 5) is 33.2. The summed E-state index contributed by atoms with van der Waals surface area (Å²) in [6.07, 6.45) is 0. The highest BCUT2D eigenvalue weighted by molar-refractivity contribution is 7.99. The Bertz CT molecular complexity index is 1030. The summed E-state index contributed by atoms with van der Waals surface area (Å²) in [5.41, 5.74) is 2.91. The van der Waals surface area contributed by atoms with Crippen LogP contribution in [0.15, 0.2) is 23.4 Å². The number of anilines is 1. The van der Waals surface area contributed by atoms with Crippen molar-refractivity contribution in [2.24, 2.45) is 0 Å². The molecular formula is C19H21N3O4S2. The van der Waals surface area contributed by atoms with E-state index in [1.165, 1.54) is 23.1 Å². The second kappa shape index (κ2) is 8.66. The Morgan fingerprint density at radius 3 is 2.82 bits per heavy atom. The summed E-state index contributed by atoms with van der Waals surface area (Å²) in [5.74, 6) is 0.267. The lowest BCUT2D eigenvalue weighted by atomic mass is 10.1. The number of esters is 1. The molecule has 28 heavy (non-hydrogen) atoms. The van der Waals surface area contributed by atoms with E-state index in [1.54, 1.807) is 14.0 Å². The second-order valence-corrected chi connectivity index (χ2v) is 8.16. The maximum absolute atomic E-state index is 12.4. The van der Waals surface area contributed by atoms with Crippen LogP contribution >= 0.6 is 23.1 Å². The minimum Gasteiger partial charge on any atom is -0.497 e. The third-order valence-corrected chi connectivity index (χ3v) is 6.12. The Morgan fingerprint density at radius 1 is 1.32 bits per heavy atom. The number of methoxy groups -OCH3 is 1. The van der Waals surface area contributed by atoms with Crippen LogP contribution in [0.2, 0.25) is 0 Å². The summed E-state index contributed by atoms with van der Waals surface area (Å²) >= 11 is 2.67. The molecule has 2 heterocycles. The zero-order valence-electron chi connectivity index (χ0n) is 16.0. The standard InChI is InChI=1S/C19H21N3O4S2/c1-5-26-18(24)16-10(2)11(3)28-17(16)22-15(23)9-27-19-20-13-7-6-12(25-4)8-14(13)21-19/h6-8H,5,9H2,1-4H3,(H,20,21)(H,22,23). The number of H-pyrrole nitrogens is 1. The van der Waals surface area contributed by atoms with E-state index in [-0.39, 0.29) is 18.3 Å². The average Bonchev–Trinajstić information content (AvgIpc) is 3.20. The molecule has 0 aliphatic rings. The molecule has 0 aliphatic carbocycles. The van der Waals surface area contributed by atoms with Crippen molar-refractivity contribution in [2.45, 2.75) is 25.9 Å². The number of benzene rings is 1. The van der Waals surface area contributed by atoms with E-state index in [4.69, 9.17) is 9.47 Å². The number of hydrogen-bond acceptors (Lipinski definition) is 7. The first kappa shape index (κ1) is 20.2. The van der Waals surface area contributed by atoms with Crippen LogP contribution in [0.25, 0.3) is 11.0 Å². The van der Waals surface area contributed by atoms with E-state index < -0.39 is 5.97 Å². The number of hydrogen-bond donors (Lipinski definition) is 2. The number of aromatic nitrogens is 2. The van der Waals surface area contributed by atoms with E-state index >= 15 is 0 Å². The smallest absolute Gasteiger partial charge is 0.341 e. The molecule has 1 amide bonds. The predicted molar refractivity (Wildman–Crippen MR) is 112 cm³/mol. The van der Waals surface area contributed by atoms with Crippen molar-refractivity contribution in [3.8, 4) is 5.75 Å². The van der Waals surface area contributed by atoms with Gasteiger partial charge in [-0.3, -0.25) is 4.79 Å². The Kier molecular flexibility index (Phi) is 6.25. The zero-order chi connectivity index (χ0) is 20.3. The van der Waals surface area contributed by atoms with Crippen LogP contribution in [0.1, 0.15) is 27.7 Å². The van der Waals surface area contributed by atoms with Crippen molar-refractivity contribution in [3.63, 3.8) is 0 Å². The fraction of sp³-hybridized carbons (Fsp3) is 0.316. The molecule has 3 rings (SSSR count). The largest absolute Gasteiger partial charge is 0.497 e. The second-order valence-electron chi connectivity index (χ2n) is 5.97. The first-order valence-corrected chi connectivity index (χ1v) is 10.5. The topological polar surface area (TPSA) is 93.3 Å². The number of nitrogens with zero attached hydrogens (tertiary/aromatic N) is 1. The molecule has 1 aromatic carbocycles. The van der Waals surface area contributed by atoms with Crippen molar-refractivity contribution in [3.05, 3.63) is 34.2 Å². The SMILES string of the molecule is CCOC(=O)c1c(NC(=O)CSc2nc3ccc(OC)cc3[nH]2)sc(C)c1C. The van der Waals surface area contributed by atoms with Gasteiger partial charge in [0, 0.05) is 10.9 Å². The lowest BCUT2D eigenvalue weighted by Gasteiger charge is -2.06. The van der Waals surface area contributed by atoms with Crippen LogP contribution in [0.5, 0.6) is 5.75 Å². The maximum Gasteiger partial charge on any atom is 0.341 e. The van der Waals surface area contributed by atoms with Gasteiger partial charge in [0.1, 0.15) is 10.8 Å². The lowest BCUT2D eigenvalue weighted by molar-refractivity contribution is -0.113. The highest BCUT2D eigenvalue weighted by atomic mass is 32.2. The molecule has 0 aliphatic heterocycles. The van der Waals surface area contributed by atoms with E-state index in [0.717, 1.165) is 27.2 Å². The van der Waals surface area contributed by atoms with Gasteiger partial charge in [-0.1, -0.05) is 11.8 Å². The molecule has 7 nitrogen and oxygen atoms in total. The molecule has 2 N–H and O–H groups in total. The van der Waals surface area contributed by atoms with Crippen molar-refractivity contribution < 1.29 is 19.1 Å². The van der Waals surface area contributed by atoms with Crippen LogP contribution in [-0.2, 0) is 9.53 Å². The molecule has 0 unspecified atom stereocenters. The van der Waals surface area contributed by atoms with Gasteiger partial charge < -0.3 is 19.8 Å². The molecule has 0 radical (unpaired) electrons. The monoisotopic (exact) mass is 419 g/mol. The highest BCUT2D eigenvalue weighted by Crippen LogP contribution is 2.33. The van der Waals surface area contributed by atoms with E-state index in [0.29, 0.717) is 15.7 Å². The Balaban J connectivity index is 1.68. The van der Waals surface area contributed by atoms with Crippen LogP contribution in [0.4, 0.5) is 5.00 Å². The molecule has 0 spiro atoms. The molecule has 148 valence electrons. The average molecular weight is 420 g/mol. The van der Waals surface area contributed by atoms with E-state index in [1.807, 2.05) is 32.0 Å². The number of thioether (sulfide) groups is 1. The minimum atomic E-state index is -0.418. The number of fused-ring (bicyclic) bond motifs is 1. The zero-order valence-corrected chi connectivity index (χ0v) is 17.7. The Labute approximate surface area is 170 Å². The Hall–Kier alpha value is -2.52. The molecule has 0 bridgehead atoms. The number of aromatic amines is 1. The number of aryl methyl sites for hydroxylation is 1. The summed E-state index contributed by atoms with van der Waals surface area (Å²) < 4.78 is 10.3. The van der Waals surface area contributed by atoms with E-state index in [2.05, 4.69) is 15.3 Å². The molecule has 0 fully saturated rings. The summed E-state index contributed by atoms with van der Waals surface area (Å²) in [7, 11) is 1.61. The third-order valence-electron chi connectivity index (χ3n) is 4.13. The van der Waals surface area contributed by atoms with E-state index in [9.17, 15) is 9.59 Å². The minimum absolute atomic E-state index is 0.162. The molecular weight excluding hydrogens is 398 g/mol. The maximum atomic E-state index is 12.4. The number of ether oxygens (including phenoxy) is 2. The van der Waals surface area contributed by atoms with Gasteiger partial charge in [0.15, 0.2) is 5.16 Å². The quantitative estimate of drug-likeness (QED) is 0.441. The van der Waals surface area contributed by atoms with Crippen LogP contribution < -0.4 is 10.1 Å². The van der Waals surface area contributed by atoms with Crippen molar-refractivity contribution in [1.82, 2.24) is 9.97 Å². The van der Waals surface area contributed by atoms with Gasteiger partial charge in [0.25, 0.3) is 0 Å². The van der Waals surface area contributed by atoms with Gasteiger partial charge in [-0.2, -0.15) is 0 Å². The van der Waals surface area contributed by atoms with Gasteiger partial charge in [-0.05, 0) is 38.5 Å². The van der Waals surface area contributed by atoms with Crippen molar-refractivity contribution in [2.75, 3.05) is 24.8 Å². The Morgan fingerprint density at radius 2 is 2.11 bits per heavy atom. The summed E-state index contributed by atoms with van der Waals surface area (Å²) in [5, 5.41) is 3.99. The molecule has 0 saturated carbocycles. The molecule has 9 heteroatoms. The number of rotatable bonds is 7. The van der Waals surface area contributed by atoms with Gasteiger partial charge in [-0.15, -0.1) is 11.3 Å². The summed E-state index contributed by atoms with van der Waals surface area (Å²) in [6.45, 7) is 5.80. The lowest BCUT2D eigenvalue weighted by Crippen LogP contribution is -2.16. The van der Waals surface area contributed by atoms with Crippen LogP contribution in [0.3, 0.4) is 0 Å². The third kappa shape index (κ3) is 4.31. The number of imidazole rings is 1. The number of carbonyl (C=O) groups excluding carboxylic acids is 2. The van der Waals surface area contributed by atoms with Crippen molar-refractivity contribution >= 4 is 51.0 Å². The predicted octanol–water partition coefficient (Wildman–Crippen LogP) is 4.16. The van der Waals surface area contributed by atoms with Gasteiger partial charge >= 0.3 is 5.97 Å². The van der Waals surface area contributed by atoms with Gasteiger partial charge in [-0.25, -0.2) is 9.78 Å². The highest BCUT2D eigenvalue weighted by Gasteiger charge is 2.22. The van der Waals surface area contributed by atoms with Crippen LogP contribution in [-0.4, -0.2) is 41.3 Å². The number of carbonyl (C=O) groups is 2. The molecule has 3 aromatic rings.